The Bertz CT molecular complexity index is 543. The lowest BCUT2D eigenvalue weighted by atomic mass is 9.99. The molecule has 17 heavy (non-hydrogen) atoms. The van der Waals surface area contributed by atoms with E-state index in [4.69, 9.17) is 5.73 Å². The van der Waals surface area contributed by atoms with E-state index in [0.29, 0.717) is 5.56 Å². The second-order valence-corrected chi connectivity index (χ2v) is 4.06. The highest BCUT2D eigenvalue weighted by Gasteiger charge is 2.17. The molecule has 1 unspecified atom stereocenters. The molecule has 0 amide bonds. The number of hydrogen-bond donors (Lipinski definition) is 1. The molecule has 1 heterocycles. The Morgan fingerprint density at radius 1 is 1.41 bits per heavy atom. The van der Waals surface area contributed by atoms with Crippen LogP contribution in [0.2, 0.25) is 0 Å². The number of ketones is 1. The molecular weight excluding hydrogens is 214 g/mol. The molecule has 1 aromatic heterocycles. The maximum atomic E-state index is 12.0. The molecule has 88 valence electrons. The molecule has 0 fully saturated rings. The molecule has 1 aromatic carbocycles. The number of carbonyl (C=O) groups is 1. The van der Waals surface area contributed by atoms with Gasteiger partial charge in [0.2, 0.25) is 0 Å². The molecule has 2 rings (SSSR count). The van der Waals surface area contributed by atoms with Gasteiger partial charge in [0.15, 0.2) is 5.78 Å². The van der Waals surface area contributed by atoms with E-state index in [1.807, 2.05) is 36.0 Å². The topological polar surface area (TPSA) is 60.9 Å². The van der Waals surface area contributed by atoms with Gasteiger partial charge in [-0.1, -0.05) is 24.3 Å². The zero-order chi connectivity index (χ0) is 12.4. The van der Waals surface area contributed by atoms with Crippen LogP contribution in [0.5, 0.6) is 0 Å². The van der Waals surface area contributed by atoms with E-state index in [-0.39, 0.29) is 5.78 Å². The SMILES string of the molecule is CC(N)C(=O)c1ccccc1-c1nccn1C. The third kappa shape index (κ3) is 2.12. The summed E-state index contributed by atoms with van der Waals surface area (Å²) < 4.78 is 1.88. The molecule has 1 atom stereocenters. The van der Waals surface area contributed by atoms with Gasteiger partial charge in [-0.25, -0.2) is 4.98 Å². The van der Waals surface area contributed by atoms with Crippen molar-refractivity contribution in [2.24, 2.45) is 12.8 Å². The van der Waals surface area contributed by atoms with E-state index in [1.165, 1.54) is 0 Å². The van der Waals surface area contributed by atoms with Gasteiger partial charge in [0.05, 0.1) is 6.04 Å². The first-order chi connectivity index (χ1) is 8.11. The summed E-state index contributed by atoms with van der Waals surface area (Å²) in [6, 6.07) is 6.90. The van der Waals surface area contributed by atoms with Crippen LogP contribution in [0.25, 0.3) is 11.4 Å². The number of Topliss-reactive ketones (excluding diaryl/α,β-unsaturated/α-hetero) is 1. The second-order valence-electron chi connectivity index (χ2n) is 4.06. The summed E-state index contributed by atoms with van der Waals surface area (Å²) in [4.78, 5) is 16.3. The average Bonchev–Trinajstić information content (AvgIpc) is 2.74. The Balaban J connectivity index is 2.56. The zero-order valence-corrected chi connectivity index (χ0v) is 9.92. The fraction of sp³-hybridized carbons (Fsp3) is 0.231. The van der Waals surface area contributed by atoms with Gasteiger partial charge in [0.25, 0.3) is 0 Å². The number of aromatic nitrogens is 2. The number of rotatable bonds is 3. The highest BCUT2D eigenvalue weighted by Crippen LogP contribution is 2.22. The lowest BCUT2D eigenvalue weighted by Crippen LogP contribution is -2.27. The molecule has 4 heteroatoms. The van der Waals surface area contributed by atoms with Gasteiger partial charge in [-0.2, -0.15) is 0 Å². The number of benzene rings is 1. The predicted molar refractivity (Wildman–Crippen MR) is 66.6 cm³/mol. The van der Waals surface area contributed by atoms with Crippen molar-refractivity contribution in [3.8, 4) is 11.4 Å². The van der Waals surface area contributed by atoms with Crippen molar-refractivity contribution in [1.82, 2.24) is 9.55 Å². The number of carbonyl (C=O) groups excluding carboxylic acids is 1. The molecule has 0 spiro atoms. The Morgan fingerprint density at radius 3 is 2.71 bits per heavy atom. The molecule has 2 N–H and O–H groups in total. The van der Waals surface area contributed by atoms with Crippen molar-refractivity contribution < 1.29 is 4.79 Å². The number of imidazole rings is 1. The number of aryl methyl sites for hydroxylation is 1. The second kappa shape index (κ2) is 4.51. The number of nitrogens with zero attached hydrogens (tertiary/aromatic N) is 2. The first-order valence-electron chi connectivity index (χ1n) is 5.47. The van der Waals surface area contributed by atoms with Gasteiger partial charge in [-0.15, -0.1) is 0 Å². The maximum Gasteiger partial charge on any atom is 0.179 e. The summed E-state index contributed by atoms with van der Waals surface area (Å²) in [5.41, 5.74) is 7.10. The van der Waals surface area contributed by atoms with Gasteiger partial charge in [0.1, 0.15) is 5.82 Å². The molecule has 4 nitrogen and oxygen atoms in total. The highest BCUT2D eigenvalue weighted by molar-refractivity contribution is 6.04. The van der Waals surface area contributed by atoms with Crippen LogP contribution in [-0.4, -0.2) is 21.4 Å². The van der Waals surface area contributed by atoms with E-state index in [0.717, 1.165) is 11.4 Å². The Morgan fingerprint density at radius 2 is 2.12 bits per heavy atom. The first kappa shape index (κ1) is 11.5. The molecule has 0 radical (unpaired) electrons. The van der Waals surface area contributed by atoms with Crippen LogP contribution in [0.3, 0.4) is 0 Å². The van der Waals surface area contributed by atoms with E-state index in [9.17, 15) is 4.79 Å². The van der Waals surface area contributed by atoms with Crippen LogP contribution in [-0.2, 0) is 7.05 Å². The van der Waals surface area contributed by atoms with Crippen LogP contribution in [0.1, 0.15) is 17.3 Å². The first-order valence-corrected chi connectivity index (χ1v) is 5.47. The van der Waals surface area contributed by atoms with Gasteiger partial charge in [0, 0.05) is 30.6 Å². The standard InChI is InChI=1S/C13H15N3O/c1-9(14)12(17)10-5-3-4-6-11(10)13-15-7-8-16(13)2/h3-9H,14H2,1-2H3. The lowest BCUT2D eigenvalue weighted by Gasteiger charge is -2.10. The fourth-order valence-electron chi connectivity index (χ4n) is 1.76. The molecule has 2 aromatic rings. The molecule has 0 bridgehead atoms. The Kier molecular flexibility index (Phi) is 3.06. The van der Waals surface area contributed by atoms with Gasteiger partial charge in [-0.05, 0) is 6.92 Å². The molecule has 0 aliphatic heterocycles. The summed E-state index contributed by atoms with van der Waals surface area (Å²) in [5.74, 6) is 0.707. The lowest BCUT2D eigenvalue weighted by molar-refractivity contribution is 0.0968. The minimum absolute atomic E-state index is 0.0661. The molecule has 0 saturated heterocycles. The van der Waals surface area contributed by atoms with E-state index in [2.05, 4.69) is 4.98 Å². The van der Waals surface area contributed by atoms with Crippen LogP contribution < -0.4 is 5.73 Å². The van der Waals surface area contributed by atoms with Crippen molar-refractivity contribution in [2.75, 3.05) is 0 Å². The minimum atomic E-state index is -0.503. The van der Waals surface area contributed by atoms with Gasteiger partial charge >= 0.3 is 0 Å². The van der Waals surface area contributed by atoms with Crippen molar-refractivity contribution in [3.63, 3.8) is 0 Å². The monoisotopic (exact) mass is 229 g/mol. The largest absolute Gasteiger partial charge is 0.334 e. The third-order valence-corrected chi connectivity index (χ3v) is 2.67. The van der Waals surface area contributed by atoms with Gasteiger partial charge < -0.3 is 10.3 Å². The quantitative estimate of drug-likeness (QED) is 0.813. The molecule has 0 aliphatic rings. The van der Waals surface area contributed by atoms with Crippen LogP contribution in [0, 0.1) is 0 Å². The fourth-order valence-corrected chi connectivity index (χ4v) is 1.76. The van der Waals surface area contributed by atoms with E-state index in [1.54, 1.807) is 19.2 Å². The number of nitrogens with two attached hydrogens (primary N) is 1. The summed E-state index contributed by atoms with van der Waals surface area (Å²) in [6.45, 7) is 1.69. The van der Waals surface area contributed by atoms with Crippen molar-refractivity contribution in [3.05, 3.63) is 42.2 Å². The zero-order valence-electron chi connectivity index (χ0n) is 9.92. The van der Waals surface area contributed by atoms with E-state index < -0.39 is 6.04 Å². The van der Waals surface area contributed by atoms with Gasteiger partial charge in [-0.3, -0.25) is 4.79 Å². The Labute approximate surface area is 100 Å². The summed E-state index contributed by atoms with van der Waals surface area (Å²) in [6.07, 6.45) is 3.56. The molecule has 0 aliphatic carbocycles. The van der Waals surface area contributed by atoms with Crippen LogP contribution in [0.15, 0.2) is 36.7 Å². The van der Waals surface area contributed by atoms with Crippen molar-refractivity contribution in [1.29, 1.82) is 0 Å². The normalized spacial score (nSPS) is 12.4. The Hall–Kier alpha value is -1.94. The van der Waals surface area contributed by atoms with Crippen molar-refractivity contribution in [2.45, 2.75) is 13.0 Å². The van der Waals surface area contributed by atoms with Crippen molar-refractivity contribution >= 4 is 5.78 Å². The molecular formula is C13H15N3O. The number of hydrogen-bond acceptors (Lipinski definition) is 3. The average molecular weight is 229 g/mol. The highest BCUT2D eigenvalue weighted by atomic mass is 16.1. The van der Waals surface area contributed by atoms with Crippen LogP contribution >= 0.6 is 0 Å². The predicted octanol–water partition coefficient (Wildman–Crippen LogP) is 1.62. The maximum absolute atomic E-state index is 12.0. The minimum Gasteiger partial charge on any atom is -0.334 e. The van der Waals surface area contributed by atoms with Crippen LogP contribution in [0.4, 0.5) is 0 Å². The summed E-state index contributed by atoms with van der Waals surface area (Å²) in [5, 5.41) is 0. The third-order valence-electron chi connectivity index (χ3n) is 2.67. The smallest absolute Gasteiger partial charge is 0.179 e. The summed E-state index contributed by atoms with van der Waals surface area (Å²) in [7, 11) is 1.90. The summed E-state index contributed by atoms with van der Waals surface area (Å²) >= 11 is 0. The van der Waals surface area contributed by atoms with E-state index >= 15 is 0 Å². The molecule has 0 saturated carbocycles.